The summed E-state index contributed by atoms with van der Waals surface area (Å²) in [5.41, 5.74) is 4.13. The lowest BCUT2D eigenvalue weighted by atomic mass is 10.1. The number of amides is 1. The largest absolute Gasteiger partial charge is 0.347 e. The second-order valence-corrected chi connectivity index (χ2v) is 7.94. The molecule has 0 aliphatic rings. The summed E-state index contributed by atoms with van der Waals surface area (Å²) >= 11 is 7.44. The van der Waals surface area contributed by atoms with E-state index in [0.29, 0.717) is 16.4 Å². The van der Waals surface area contributed by atoms with Gasteiger partial charge in [-0.1, -0.05) is 53.6 Å². The molecule has 0 aliphatic heterocycles. The van der Waals surface area contributed by atoms with Gasteiger partial charge in [0.2, 0.25) is 0 Å². The van der Waals surface area contributed by atoms with Gasteiger partial charge in [0.25, 0.3) is 5.91 Å². The Morgan fingerprint density at radius 3 is 2.56 bits per heavy atom. The number of aromatic nitrogens is 2. The van der Waals surface area contributed by atoms with Gasteiger partial charge in [-0.25, -0.2) is 0 Å². The summed E-state index contributed by atoms with van der Waals surface area (Å²) in [4.78, 5) is 14.3. The van der Waals surface area contributed by atoms with Gasteiger partial charge in [-0.05, 0) is 30.7 Å². The van der Waals surface area contributed by atoms with Gasteiger partial charge in [-0.2, -0.15) is 5.10 Å². The second-order valence-electron chi connectivity index (χ2n) is 6.48. The zero-order valence-corrected chi connectivity index (χ0v) is 16.6. The molecular weight excluding hydrogens is 378 g/mol. The van der Waals surface area contributed by atoms with Crippen LogP contribution in [0.3, 0.4) is 0 Å². The van der Waals surface area contributed by atoms with Crippen LogP contribution in [0.25, 0.3) is 21.5 Å². The summed E-state index contributed by atoms with van der Waals surface area (Å²) in [7, 11) is 1.90. The van der Waals surface area contributed by atoms with E-state index in [0.717, 1.165) is 27.0 Å². The molecule has 1 amide bonds. The molecule has 0 radical (unpaired) electrons. The molecular formula is C21H18ClN3OS. The number of nitrogens with one attached hydrogen (secondary N) is 1. The lowest BCUT2D eigenvalue weighted by Crippen LogP contribution is -2.21. The number of aryl methyl sites for hydroxylation is 2. The Hall–Kier alpha value is -2.63. The number of carbonyl (C=O) groups excluding carboxylic acids is 1. The smallest absolute Gasteiger partial charge is 0.261 e. The highest BCUT2D eigenvalue weighted by Crippen LogP contribution is 2.34. The van der Waals surface area contributed by atoms with E-state index in [9.17, 15) is 4.79 Å². The zero-order valence-electron chi connectivity index (χ0n) is 15.0. The van der Waals surface area contributed by atoms with Crippen LogP contribution in [0.5, 0.6) is 0 Å². The first-order chi connectivity index (χ1) is 13.0. The molecule has 1 N–H and O–H groups in total. The highest BCUT2D eigenvalue weighted by atomic mass is 35.5. The molecule has 0 bridgehead atoms. The van der Waals surface area contributed by atoms with Crippen LogP contribution >= 0.6 is 22.9 Å². The predicted molar refractivity (Wildman–Crippen MR) is 111 cm³/mol. The number of thiophene rings is 1. The van der Waals surface area contributed by atoms with E-state index >= 15 is 0 Å². The van der Waals surface area contributed by atoms with Crippen molar-refractivity contribution in [1.29, 1.82) is 0 Å². The van der Waals surface area contributed by atoms with Crippen LogP contribution in [0.15, 0.2) is 54.6 Å². The fourth-order valence-corrected chi connectivity index (χ4v) is 4.06. The number of fused-ring (bicyclic) bond motifs is 1. The van der Waals surface area contributed by atoms with Crippen molar-refractivity contribution in [2.75, 3.05) is 0 Å². The molecule has 0 saturated heterocycles. The molecule has 0 spiro atoms. The van der Waals surface area contributed by atoms with Gasteiger partial charge in [0.1, 0.15) is 10.5 Å². The van der Waals surface area contributed by atoms with Crippen LogP contribution in [0.2, 0.25) is 5.02 Å². The second kappa shape index (κ2) is 7.18. The maximum absolute atomic E-state index is 12.6. The molecule has 0 saturated carbocycles. The Morgan fingerprint density at radius 1 is 1.15 bits per heavy atom. The number of rotatable bonds is 4. The molecule has 2 aromatic heterocycles. The zero-order chi connectivity index (χ0) is 19.0. The minimum Gasteiger partial charge on any atom is -0.347 e. The normalized spacial score (nSPS) is 11.1. The van der Waals surface area contributed by atoms with E-state index in [1.807, 2.05) is 73.3 Å². The first-order valence-electron chi connectivity index (χ1n) is 8.57. The molecule has 27 heavy (non-hydrogen) atoms. The quantitative estimate of drug-likeness (QED) is 0.516. The summed E-state index contributed by atoms with van der Waals surface area (Å²) in [6.45, 7) is 2.56. The fourth-order valence-electron chi connectivity index (χ4n) is 2.95. The average molecular weight is 396 g/mol. The van der Waals surface area contributed by atoms with Crippen LogP contribution in [0.4, 0.5) is 0 Å². The number of hydrogen-bond acceptors (Lipinski definition) is 3. The van der Waals surface area contributed by atoms with Crippen molar-refractivity contribution in [2.24, 2.45) is 7.05 Å². The third-order valence-corrected chi connectivity index (χ3v) is 5.88. The van der Waals surface area contributed by atoms with Gasteiger partial charge in [0, 0.05) is 29.6 Å². The summed E-state index contributed by atoms with van der Waals surface area (Å²) in [6, 6.07) is 17.7. The molecule has 2 aromatic carbocycles. The fraction of sp³-hybridized carbons (Fsp3) is 0.143. The Kier molecular flexibility index (Phi) is 4.72. The lowest BCUT2D eigenvalue weighted by Gasteiger charge is -2.04. The SMILES string of the molecule is Cc1ccc(CNC(=O)c2cc3c(-c4ccc(Cl)cc4)nn(C)c3s2)cc1. The Morgan fingerprint density at radius 2 is 1.85 bits per heavy atom. The Balaban J connectivity index is 1.59. The summed E-state index contributed by atoms with van der Waals surface area (Å²) in [6.07, 6.45) is 0. The number of halogens is 1. The van der Waals surface area contributed by atoms with Gasteiger partial charge in [-0.3, -0.25) is 9.48 Å². The molecule has 4 nitrogen and oxygen atoms in total. The number of benzene rings is 2. The lowest BCUT2D eigenvalue weighted by molar-refractivity contribution is 0.0955. The van der Waals surface area contributed by atoms with E-state index in [-0.39, 0.29) is 5.91 Å². The molecule has 0 fully saturated rings. The van der Waals surface area contributed by atoms with E-state index < -0.39 is 0 Å². The van der Waals surface area contributed by atoms with Crippen molar-refractivity contribution in [3.63, 3.8) is 0 Å². The predicted octanol–water partition coefficient (Wildman–Crippen LogP) is 5.19. The summed E-state index contributed by atoms with van der Waals surface area (Å²) in [5, 5.41) is 9.26. The van der Waals surface area contributed by atoms with Crippen molar-refractivity contribution in [3.05, 3.63) is 75.6 Å². The van der Waals surface area contributed by atoms with E-state index in [2.05, 4.69) is 10.4 Å². The van der Waals surface area contributed by atoms with Crippen LogP contribution in [0.1, 0.15) is 20.8 Å². The highest BCUT2D eigenvalue weighted by Gasteiger charge is 2.17. The van der Waals surface area contributed by atoms with Gasteiger partial charge >= 0.3 is 0 Å². The average Bonchev–Trinajstić information content (AvgIpc) is 3.23. The molecule has 0 unspecified atom stereocenters. The van der Waals surface area contributed by atoms with Gasteiger partial charge in [-0.15, -0.1) is 11.3 Å². The standard InChI is InChI=1S/C21H18ClN3OS/c1-13-3-5-14(6-4-13)12-23-20(26)18-11-17-19(24-25(2)21(17)27-18)15-7-9-16(22)10-8-15/h3-11H,12H2,1-2H3,(H,23,26). The Labute approximate surface area is 166 Å². The van der Waals surface area contributed by atoms with Crippen LogP contribution in [-0.4, -0.2) is 15.7 Å². The van der Waals surface area contributed by atoms with Crippen molar-refractivity contribution < 1.29 is 4.79 Å². The molecule has 0 atom stereocenters. The first-order valence-corrected chi connectivity index (χ1v) is 9.77. The highest BCUT2D eigenvalue weighted by molar-refractivity contribution is 7.20. The molecule has 4 aromatic rings. The monoisotopic (exact) mass is 395 g/mol. The van der Waals surface area contributed by atoms with E-state index in [1.165, 1.54) is 16.9 Å². The first kappa shape index (κ1) is 17.8. The maximum atomic E-state index is 12.6. The van der Waals surface area contributed by atoms with E-state index in [4.69, 9.17) is 11.6 Å². The summed E-state index contributed by atoms with van der Waals surface area (Å²) in [5.74, 6) is -0.0705. The van der Waals surface area contributed by atoms with Crippen molar-refractivity contribution in [1.82, 2.24) is 15.1 Å². The topological polar surface area (TPSA) is 46.9 Å². The van der Waals surface area contributed by atoms with Crippen molar-refractivity contribution in [2.45, 2.75) is 13.5 Å². The summed E-state index contributed by atoms with van der Waals surface area (Å²) < 4.78 is 1.82. The van der Waals surface area contributed by atoms with E-state index in [1.54, 1.807) is 0 Å². The Bertz CT molecular complexity index is 1110. The molecule has 4 rings (SSSR count). The van der Waals surface area contributed by atoms with Crippen LogP contribution in [-0.2, 0) is 13.6 Å². The van der Waals surface area contributed by atoms with Gasteiger partial charge in [0.15, 0.2) is 0 Å². The third kappa shape index (κ3) is 3.61. The minimum atomic E-state index is -0.0705. The number of nitrogens with zero attached hydrogens (tertiary/aromatic N) is 2. The van der Waals surface area contributed by atoms with Crippen LogP contribution < -0.4 is 5.32 Å². The maximum Gasteiger partial charge on any atom is 0.261 e. The minimum absolute atomic E-state index is 0.0705. The third-order valence-electron chi connectivity index (χ3n) is 4.43. The molecule has 6 heteroatoms. The van der Waals surface area contributed by atoms with Crippen molar-refractivity contribution in [3.8, 4) is 11.3 Å². The van der Waals surface area contributed by atoms with Crippen LogP contribution in [0, 0.1) is 6.92 Å². The molecule has 2 heterocycles. The molecule has 136 valence electrons. The van der Waals surface area contributed by atoms with Gasteiger partial charge < -0.3 is 5.32 Å². The number of hydrogen-bond donors (Lipinski definition) is 1. The number of carbonyl (C=O) groups is 1. The van der Waals surface area contributed by atoms with Gasteiger partial charge in [0.05, 0.1) is 4.88 Å². The molecule has 0 aliphatic carbocycles. The van der Waals surface area contributed by atoms with Crippen molar-refractivity contribution >= 4 is 39.1 Å².